The molecule has 178 valence electrons. The van der Waals surface area contributed by atoms with Crippen molar-refractivity contribution in [1.29, 1.82) is 0 Å². The number of nitrogens with one attached hydrogen (secondary N) is 2. The van der Waals surface area contributed by atoms with Gasteiger partial charge in [-0.25, -0.2) is 0 Å². The second-order valence-corrected chi connectivity index (χ2v) is 9.02. The first-order chi connectivity index (χ1) is 17.0. The first kappa shape index (κ1) is 24.0. The van der Waals surface area contributed by atoms with Crippen LogP contribution in [0.3, 0.4) is 0 Å². The van der Waals surface area contributed by atoms with Crippen LogP contribution in [0.25, 0.3) is 11.4 Å². The first-order valence-corrected chi connectivity index (χ1v) is 11.8. The van der Waals surface area contributed by atoms with E-state index in [0.717, 1.165) is 11.4 Å². The number of carbonyl (C=O) groups excluding carboxylic acids is 2. The summed E-state index contributed by atoms with van der Waals surface area (Å²) in [6, 6.07) is 23.7. The number of hydrogen-bond donors (Lipinski definition) is 2. The highest BCUT2D eigenvalue weighted by molar-refractivity contribution is 8.00. The number of para-hydroxylation sites is 2. The Morgan fingerprint density at radius 2 is 1.60 bits per heavy atom. The summed E-state index contributed by atoms with van der Waals surface area (Å²) in [5.74, 6) is 0.871. The Hall–Kier alpha value is -4.11. The monoisotopic (exact) mass is 487 g/mol. The zero-order valence-corrected chi connectivity index (χ0v) is 20.4. The lowest BCUT2D eigenvalue weighted by molar-refractivity contribution is -0.115. The van der Waals surface area contributed by atoms with Crippen molar-refractivity contribution in [3.8, 4) is 17.1 Å². The molecule has 9 heteroatoms. The Balaban J connectivity index is 1.36. The van der Waals surface area contributed by atoms with Crippen LogP contribution in [0.15, 0.2) is 84.0 Å². The molecule has 1 atom stereocenters. The topological polar surface area (TPSA) is 98.1 Å². The van der Waals surface area contributed by atoms with Crippen molar-refractivity contribution >= 4 is 35.0 Å². The van der Waals surface area contributed by atoms with Gasteiger partial charge >= 0.3 is 0 Å². The highest BCUT2D eigenvalue weighted by atomic mass is 32.2. The minimum absolute atomic E-state index is 0.175. The smallest absolute Gasteiger partial charge is 0.255 e. The van der Waals surface area contributed by atoms with Gasteiger partial charge in [0.15, 0.2) is 11.0 Å². The Labute approximate surface area is 207 Å². The number of nitrogens with zero attached hydrogens (tertiary/aromatic N) is 3. The summed E-state index contributed by atoms with van der Waals surface area (Å²) in [4.78, 5) is 25.3. The molecule has 0 aliphatic heterocycles. The van der Waals surface area contributed by atoms with Crippen molar-refractivity contribution < 1.29 is 14.3 Å². The Morgan fingerprint density at radius 3 is 2.31 bits per heavy atom. The van der Waals surface area contributed by atoms with E-state index in [1.165, 1.54) is 11.8 Å². The Bertz CT molecular complexity index is 1320. The van der Waals surface area contributed by atoms with Crippen LogP contribution < -0.4 is 15.4 Å². The molecule has 0 saturated heterocycles. The number of rotatable bonds is 8. The average molecular weight is 488 g/mol. The fraction of sp³-hybridized carbons (Fsp3) is 0.154. The zero-order valence-electron chi connectivity index (χ0n) is 19.6. The van der Waals surface area contributed by atoms with Crippen molar-refractivity contribution in [1.82, 2.24) is 14.8 Å². The fourth-order valence-electron chi connectivity index (χ4n) is 3.36. The van der Waals surface area contributed by atoms with Gasteiger partial charge in [-0.15, -0.1) is 10.2 Å². The molecular formula is C26H25N5O3S. The van der Waals surface area contributed by atoms with E-state index in [1.54, 1.807) is 43.5 Å². The lowest BCUT2D eigenvalue weighted by atomic mass is 10.2. The molecule has 0 fully saturated rings. The van der Waals surface area contributed by atoms with Gasteiger partial charge in [0.2, 0.25) is 5.91 Å². The van der Waals surface area contributed by atoms with Gasteiger partial charge in [0.25, 0.3) is 5.91 Å². The maximum atomic E-state index is 12.8. The van der Waals surface area contributed by atoms with Crippen LogP contribution in [-0.4, -0.2) is 38.9 Å². The number of aromatic nitrogens is 3. The molecule has 0 spiro atoms. The van der Waals surface area contributed by atoms with Crippen molar-refractivity contribution in [3.63, 3.8) is 0 Å². The summed E-state index contributed by atoms with van der Waals surface area (Å²) in [6.45, 7) is 1.81. The standard InChI is InChI=1S/C26H25N5O3S/c1-17(35-26-30-29-23(31(26)2)18-9-5-4-6-10-18)24(32)27-20-15-13-19(14-16-20)25(33)28-21-11-7-8-12-22(21)34-3/h4-17H,1-3H3,(H,27,32)(H,28,33). The molecule has 0 saturated carbocycles. The van der Waals surface area contributed by atoms with E-state index in [4.69, 9.17) is 4.74 Å². The number of ether oxygens (including phenoxy) is 1. The van der Waals surface area contributed by atoms with E-state index < -0.39 is 5.25 Å². The third-order valence-electron chi connectivity index (χ3n) is 5.29. The minimum atomic E-state index is -0.407. The molecular weight excluding hydrogens is 462 g/mol. The van der Waals surface area contributed by atoms with Gasteiger partial charge in [-0.1, -0.05) is 54.2 Å². The summed E-state index contributed by atoms with van der Waals surface area (Å²) < 4.78 is 7.14. The molecule has 2 N–H and O–H groups in total. The molecule has 8 nitrogen and oxygen atoms in total. The van der Waals surface area contributed by atoms with Crippen LogP contribution in [0.5, 0.6) is 5.75 Å². The number of carbonyl (C=O) groups is 2. The van der Waals surface area contributed by atoms with E-state index >= 15 is 0 Å². The maximum Gasteiger partial charge on any atom is 0.255 e. The molecule has 0 bridgehead atoms. The molecule has 0 aliphatic carbocycles. The number of methoxy groups -OCH3 is 1. The van der Waals surface area contributed by atoms with E-state index in [9.17, 15) is 9.59 Å². The zero-order chi connectivity index (χ0) is 24.8. The maximum absolute atomic E-state index is 12.8. The predicted octanol–water partition coefficient (Wildman–Crippen LogP) is 4.86. The summed E-state index contributed by atoms with van der Waals surface area (Å²) in [5, 5.41) is 14.5. The quantitative estimate of drug-likeness (QED) is 0.345. The average Bonchev–Trinajstić information content (AvgIpc) is 3.25. The van der Waals surface area contributed by atoms with Crippen LogP contribution in [0.4, 0.5) is 11.4 Å². The summed E-state index contributed by atoms with van der Waals surface area (Å²) in [5.41, 5.74) is 2.60. The first-order valence-electron chi connectivity index (χ1n) is 10.9. The molecule has 4 aromatic rings. The SMILES string of the molecule is COc1ccccc1NC(=O)c1ccc(NC(=O)C(C)Sc2nnc(-c3ccccc3)n2C)cc1. The number of anilines is 2. The Morgan fingerprint density at radius 1 is 0.914 bits per heavy atom. The number of benzene rings is 3. The van der Waals surface area contributed by atoms with Gasteiger partial charge in [0, 0.05) is 23.9 Å². The van der Waals surface area contributed by atoms with E-state index in [0.29, 0.717) is 27.8 Å². The molecule has 35 heavy (non-hydrogen) atoms. The fourth-order valence-corrected chi connectivity index (χ4v) is 4.17. The number of thioether (sulfide) groups is 1. The number of hydrogen-bond acceptors (Lipinski definition) is 6. The molecule has 4 rings (SSSR count). The third kappa shape index (κ3) is 5.70. The molecule has 1 heterocycles. The predicted molar refractivity (Wildman–Crippen MR) is 138 cm³/mol. The van der Waals surface area contributed by atoms with Crippen LogP contribution in [-0.2, 0) is 11.8 Å². The van der Waals surface area contributed by atoms with Crippen molar-refractivity contribution in [2.75, 3.05) is 17.7 Å². The van der Waals surface area contributed by atoms with Crippen molar-refractivity contribution in [2.24, 2.45) is 7.05 Å². The van der Waals surface area contributed by atoms with Gasteiger partial charge < -0.3 is 19.9 Å². The summed E-state index contributed by atoms with van der Waals surface area (Å²) in [7, 11) is 3.43. The second kappa shape index (κ2) is 10.9. The molecule has 3 aromatic carbocycles. The van der Waals surface area contributed by atoms with Gasteiger partial charge in [-0.2, -0.15) is 0 Å². The minimum Gasteiger partial charge on any atom is -0.495 e. The van der Waals surface area contributed by atoms with E-state index in [1.807, 2.05) is 61.0 Å². The van der Waals surface area contributed by atoms with Gasteiger partial charge in [-0.3, -0.25) is 9.59 Å². The molecule has 1 aromatic heterocycles. The molecule has 0 radical (unpaired) electrons. The van der Waals surface area contributed by atoms with Gasteiger partial charge in [0.1, 0.15) is 5.75 Å². The lowest BCUT2D eigenvalue weighted by Gasteiger charge is -2.13. The largest absolute Gasteiger partial charge is 0.495 e. The highest BCUT2D eigenvalue weighted by Gasteiger charge is 2.20. The van der Waals surface area contributed by atoms with Crippen molar-refractivity contribution in [3.05, 3.63) is 84.4 Å². The highest BCUT2D eigenvalue weighted by Crippen LogP contribution is 2.27. The van der Waals surface area contributed by atoms with Crippen LogP contribution in [0, 0.1) is 0 Å². The normalized spacial score (nSPS) is 11.5. The second-order valence-electron chi connectivity index (χ2n) is 7.71. The molecule has 0 aliphatic rings. The molecule has 1 unspecified atom stereocenters. The van der Waals surface area contributed by atoms with Crippen LogP contribution in [0.2, 0.25) is 0 Å². The number of amides is 2. The van der Waals surface area contributed by atoms with E-state index in [2.05, 4.69) is 20.8 Å². The summed E-state index contributed by atoms with van der Waals surface area (Å²) >= 11 is 1.33. The van der Waals surface area contributed by atoms with Crippen LogP contribution in [0.1, 0.15) is 17.3 Å². The lowest BCUT2D eigenvalue weighted by Crippen LogP contribution is -2.23. The van der Waals surface area contributed by atoms with Crippen LogP contribution >= 0.6 is 11.8 Å². The molecule has 2 amide bonds. The van der Waals surface area contributed by atoms with Gasteiger partial charge in [0.05, 0.1) is 18.0 Å². The third-order valence-corrected chi connectivity index (χ3v) is 6.42. The van der Waals surface area contributed by atoms with Gasteiger partial charge in [-0.05, 0) is 43.3 Å². The Kier molecular flexibility index (Phi) is 7.47. The van der Waals surface area contributed by atoms with E-state index in [-0.39, 0.29) is 11.8 Å². The van der Waals surface area contributed by atoms with Crippen molar-refractivity contribution in [2.45, 2.75) is 17.3 Å². The summed E-state index contributed by atoms with van der Waals surface area (Å²) in [6.07, 6.45) is 0.